The number of carbonyl (C=O) groups excluding carboxylic acids is 1. The van der Waals surface area contributed by atoms with Crippen molar-refractivity contribution in [3.63, 3.8) is 0 Å². The fourth-order valence-electron chi connectivity index (χ4n) is 2.22. The molecule has 0 aliphatic rings. The lowest BCUT2D eigenvalue weighted by Crippen LogP contribution is -2.17. The van der Waals surface area contributed by atoms with Crippen LogP contribution in [-0.4, -0.2) is 30.3 Å². The first kappa shape index (κ1) is 19.7. The minimum Gasteiger partial charge on any atom is -0.493 e. The molecule has 3 N–H and O–H groups in total. The molecule has 0 heterocycles. The first-order chi connectivity index (χ1) is 13.0. The molecular formula is C18H20N4O5. The minimum atomic E-state index is -0.551. The number of nitrogens with two attached hydrogens (primary N) is 1. The number of nitrogen functional groups attached to an aromatic ring is 1. The fourth-order valence-corrected chi connectivity index (χ4v) is 2.22. The lowest BCUT2D eigenvalue weighted by Gasteiger charge is -2.10. The maximum absolute atomic E-state index is 12.0. The van der Waals surface area contributed by atoms with Crippen LogP contribution in [0.1, 0.15) is 29.8 Å². The number of hydrazone groups is 1. The number of ether oxygens (including phenoxy) is 2. The van der Waals surface area contributed by atoms with Gasteiger partial charge in [-0.05, 0) is 38.1 Å². The number of hydrogen-bond acceptors (Lipinski definition) is 7. The summed E-state index contributed by atoms with van der Waals surface area (Å²) in [5.41, 5.74) is 8.98. The number of rotatable bonds is 8. The summed E-state index contributed by atoms with van der Waals surface area (Å²) in [5.74, 6) is 0.0238. The van der Waals surface area contributed by atoms with Crippen LogP contribution < -0.4 is 20.6 Å². The molecule has 142 valence electrons. The molecule has 0 radical (unpaired) electrons. The maximum atomic E-state index is 12.0. The van der Waals surface area contributed by atoms with Gasteiger partial charge in [0.2, 0.25) is 5.75 Å². The van der Waals surface area contributed by atoms with Gasteiger partial charge in [-0.15, -0.1) is 0 Å². The highest BCUT2D eigenvalue weighted by molar-refractivity contribution is 5.95. The van der Waals surface area contributed by atoms with Crippen LogP contribution in [0.2, 0.25) is 0 Å². The van der Waals surface area contributed by atoms with E-state index in [1.165, 1.54) is 18.3 Å². The molecule has 2 aromatic rings. The number of nitro groups is 1. The largest absolute Gasteiger partial charge is 0.493 e. The number of nitrogens with zero attached hydrogens (tertiary/aromatic N) is 2. The summed E-state index contributed by atoms with van der Waals surface area (Å²) in [7, 11) is 0. The Kier molecular flexibility index (Phi) is 6.70. The molecule has 2 rings (SSSR count). The van der Waals surface area contributed by atoms with Gasteiger partial charge in [-0.3, -0.25) is 14.9 Å². The third kappa shape index (κ3) is 5.18. The van der Waals surface area contributed by atoms with Crippen molar-refractivity contribution >= 4 is 23.5 Å². The Morgan fingerprint density at radius 2 is 1.81 bits per heavy atom. The quantitative estimate of drug-likeness (QED) is 0.317. The number of anilines is 1. The summed E-state index contributed by atoms with van der Waals surface area (Å²) in [6.45, 7) is 4.14. The Morgan fingerprint density at radius 1 is 1.19 bits per heavy atom. The van der Waals surface area contributed by atoms with E-state index in [2.05, 4.69) is 10.5 Å². The molecule has 0 spiro atoms. The second kappa shape index (κ2) is 9.18. The summed E-state index contributed by atoms with van der Waals surface area (Å²) in [4.78, 5) is 22.8. The third-order valence-corrected chi connectivity index (χ3v) is 3.43. The maximum Gasteiger partial charge on any atom is 0.311 e. The van der Waals surface area contributed by atoms with Gasteiger partial charge in [0.25, 0.3) is 5.91 Å². The highest BCUT2D eigenvalue weighted by atomic mass is 16.6. The zero-order valence-electron chi connectivity index (χ0n) is 15.0. The van der Waals surface area contributed by atoms with E-state index < -0.39 is 10.8 Å². The smallest absolute Gasteiger partial charge is 0.311 e. The van der Waals surface area contributed by atoms with E-state index in [-0.39, 0.29) is 18.0 Å². The van der Waals surface area contributed by atoms with Crippen LogP contribution in [0.5, 0.6) is 11.5 Å². The van der Waals surface area contributed by atoms with Gasteiger partial charge in [0.05, 0.1) is 24.4 Å². The van der Waals surface area contributed by atoms with Crippen molar-refractivity contribution in [3.8, 4) is 11.5 Å². The summed E-state index contributed by atoms with van der Waals surface area (Å²) < 4.78 is 10.8. The summed E-state index contributed by atoms with van der Waals surface area (Å²) in [5, 5.41) is 15.1. The number of nitrogens with one attached hydrogen (secondary N) is 1. The summed E-state index contributed by atoms with van der Waals surface area (Å²) in [6, 6.07) is 9.05. The molecular weight excluding hydrogens is 352 g/mol. The first-order valence-electron chi connectivity index (χ1n) is 8.23. The van der Waals surface area contributed by atoms with Crippen LogP contribution in [0.15, 0.2) is 41.5 Å². The van der Waals surface area contributed by atoms with Crippen molar-refractivity contribution in [2.75, 3.05) is 18.9 Å². The Labute approximate surface area is 155 Å². The second-order valence-electron chi connectivity index (χ2n) is 5.30. The molecule has 9 heteroatoms. The molecule has 0 aliphatic heterocycles. The molecule has 0 aliphatic carbocycles. The van der Waals surface area contributed by atoms with Crippen molar-refractivity contribution in [3.05, 3.63) is 57.6 Å². The number of carbonyl (C=O) groups is 1. The van der Waals surface area contributed by atoms with E-state index >= 15 is 0 Å². The first-order valence-corrected chi connectivity index (χ1v) is 8.23. The average molecular weight is 372 g/mol. The van der Waals surface area contributed by atoms with Gasteiger partial charge in [0.1, 0.15) is 5.75 Å². The molecule has 27 heavy (non-hydrogen) atoms. The highest BCUT2D eigenvalue weighted by Crippen LogP contribution is 2.34. The van der Waals surface area contributed by atoms with Crippen molar-refractivity contribution in [2.24, 2.45) is 5.10 Å². The molecule has 9 nitrogen and oxygen atoms in total. The third-order valence-electron chi connectivity index (χ3n) is 3.43. The Bertz CT molecular complexity index is 850. The van der Waals surface area contributed by atoms with Gasteiger partial charge in [0, 0.05) is 28.9 Å². The number of benzene rings is 2. The highest BCUT2D eigenvalue weighted by Gasteiger charge is 2.19. The number of nitro benzene ring substituents is 1. The molecule has 0 saturated carbocycles. The van der Waals surface area contributed by atoms with E-state index in [0.29, 0.717) is 29.2 Å². The summed E-state index contributed by atoms with van der Waals surface area (Å²) >= 11 is 0. The van der Waals surface area contributed by atoms with Crippen LogP contribution in [0.25, 0.3) is 0 Å². The van der Waals surface area contributed by atoms with E-state index in [1.54, 1.807) is 38.1 Å². The monoisotopic (exact) mass is 372 g/mol. The van der Waals surface area contributed by atoms with Crippen LogP contribution in [0.3, 0.4) is 0 Å². The Hall–Kier alpha value is -3.62. The topological polar surface area (TPSA) is 129 Å². The Morgan fingerprint density at radius 3 is 2.41 bits per heavy atom. The van der Waals surface area contributed by atoms with Crippen molar-refractivity contribution in [1.29, 1.82) is 0 Å². The van der Waals surface area contributed by atoms with Crippen LogP contribution in [0.4, 0.5) is 11.4 Å². The molecule has 0 atom stereocenters. The predicted octanol–water partition coefficient (Wildman–Crippen LogP) is 2.74. The fraction of sp³-hybridized carbons (Fsp3) is 0.222. The molecule has 0 aromatic heterocycles. The lowest BCUT2D eigenvalue weighted by molar-refractivity contribution is -0.385. The van der Waals surface area contributed by atoms with Gasteiger partial charge in [0.15, 0.2) is 0 Å². The average Bonchev–Trinajstić information content (AvgIpc) is 2.64. The molecule has 0 saturated heterocycles. The van der Waals surface area contributed by atoms with Gasteiger partial charge in [-0.2, -0.15) is 5.10 Å². The predicted molar refractivity (Wildman–Crippen MR) is 101 cm³/mol. The van der Waals surface area contributed by atoms with E-state index in [0.717, 1.165) is 0 Å². The van der Waals surface area contributed by atoms with Crippen LogP contribution in [0, 0.1) is 10.1 Å². The van der Waals surface area contributed by atoms with Crippen molar-refractivity contribution in [1.82, 2.24) is 5.43 Å². The number of hydrogen-bond donors (Lipinski definition) is 2. The zero-order chi connectivity index (χ0) is 19.8. The standard InChI is InChI=1S/C18H20N4O5/c1-3-26-16-10-17(27-4-2)15(22(24)25)9-13(16)11-20-21-18(23)12-5-7-14(19)8-6-12/h5-11H,3-4,19H2,1-2H3,(H,21,23)/b20-11-. The molecule has 1 amide bonds. The molecule has 0 unspecified atom stereocenters. The van der Waals surface area contributed by atoms with Crippen LogP contribution in [-0.2, 0) is 0 Å². The lowest BCUT2D eigenvalue weighted by atomic mass is 10.1. The molecule has 0 fully saturated rings. The normalized spacial score (nSPS) is 10.6. The van der Waals surface area contributed by atoms with E-state index in [9.17, 15) is 14.9 Å². The minimum absolute atomic E-state index is 0.106. The van der Waals surface area contributed by atoms with E-state index in [1.807, 2.05) is 0 Å². The van der Waals surface area contributed by atoms with Gasteiger partial charge in [-0.1, -0.05) is 0 Å². The summed E-state index contributed by atoms with van der Waals surface area (Å²) in [6.07, 6.45) is 1.28. The van der Waals surface area contributed by atoms with Crippen molar-refractivity contribution in [2.45, 2.75) is 13.8 Å². The van der Waals surface area contributed by atoms with Crippen molar-refractivity contribution < 1.29 is 19.2 Å². The zero-order valence-corrected chi connectivity index (χ0v) is 15.0. The van der Waals surface area contributed by atoms with E-state index in [4.69, 9.17) is 15.2 Å². The molecule has 0 bridgehead atoms. The number of amides is 1. The second-order valence-corrected chi connectivity index (χ2v) is 5.30. The van der Waals surface area contributed by atoms with Crippen LogP contribution >= 0.6 is 0 Å². The SMILES string of the molecule is CCOc1cc(OCC)c([N+](=O)[O-])cc1/C=N\NC(=O)c1ccc(N)cc1. The van der Waals surface area contributed by atoms with Gasteiger partial charge >= 0.3 is 5.69 Å². The van der Waals surface area contributed by atoms with Gasteiger partial charge in [-0.25, -0.2) is 5.43 Å². The van der Waals surface area contributed by atoms with Gasteiger partial charge < -0.3 is 15.2 Å². The molecule has 2 aromatic carbocycles. The Balaban J connectivity index is 2.25.